The van der Waals surface area contributed by atoms with Gasteiger partial charge in [-0.3, -0.25) is 9.63 Å². The molecule has 3 heterocycles. The van der Waals surface area contributed by atoms with E-state index in [2.05, 4.69) is 63.0 Å². The van der Waals surface area contributed by atoms with Crippen molar-refractivity contribution in [2.75, 3.05) is 81.6 Å². The van der Waals surface area contributed by atoms with Crippen molar-refractivity contribution in [1.82, 2.24) is 19.8 Å². The smallest absolute Gasteiger partial charge is 0.247 e. The predicted octanol–water partition coefficient (Wildman–Crippen LogP) is 5.35. The highest BCUT2D eigenvalue weighted by Gasteiger charge is 2.30. The first-order valence-electron chi connectivity index (χ1n) is 15.3. The molecular formula is C33H43ClN8O3. The van der Waals surface area contributed by atoms with Gasteiger partial charge in [0.1, 0.15) is 17.9 Å². The van der Waals surface area contributed by atoms with E-state index in [1.54, 1.807) is 12.2 Å². The highest BCUT2D eigenvalue weighted by molar-refractivity contribution is 6.30. The van der Waals surface area contributed by atoms with E-state index >= 15 is 0 Å². The molecule has 0 radical (unpaired) electrons. The standard InChI is InChI=1S/C33H43ClN8O3/c1-6-33(43)38-26-19-27(30(44-5)20-29(26)41-13-10-25(11-14-41)40(4)16-15-39(2)3)37-31-21-32(36-22-35-31)42-28(12-17-45-42)23-8-7-9-24(34)18-23/h6-9,18-22,25,28H,1,10-17H2,2-5H3,(H,38,43)(H,35,36,37)/t28-/m1/s1. The number of halogens is 1. The second-order valence-electron chi connectivity index (χ2n) is 11.7. The van der Waals surface area contributed by atoms with Gasteiger partial charge in [-0.25, -0.2) is 15.0 Å². The van der Waals surface area contributed by atoms with Crippen LogP contribution < -0.4 is 25.3 Å². The topological polar surface area (TPSA) is 98.3 Å². The molecule has 0 saturated carbocycles. The molecule has 1 amide bonds. The van der Waals surface area contributed by atoms with E-state index < -0.39 is 0 Å². The minimum Gasteiger partial charge on any atom is -0.494 e. The van der Waals surface area contributed by atoms with Gasteiger partial charge in [0.2, 0.25) is 5.91 Å². The summed E-state index contributed by atoms with van der Waals surface area (Å²) in [5, 5.41) is 8.86. The number of benzene rings is 2. The van der Waals surface area contributed by atoms with Crippen LogP contribution in [0.15, 0.2) is 61.4 Å². The molecule has 45 heavy (non-hydrogen) atoms. The number of hydrogen-bond donors (Lipinski definition) is 2. The Hall–Kier alpha value is -3.90. The van der Waals surface area contributed by atoms with Gasteiger partial charge in [-0.1, -0.05) is 30.3 Å². The van der Waals surface area contributed by atoms with Crippen molar-refractivity contribution in [3.05, 3.63) is 72.0 Å². The zero-order valence-electron chi connectivity index (χ0n) is 26.5. The summed E-state index contributed by atoms with van der Waals surface area (Å²) in [4.78, 5) is 34.4. The number of nitrogens with zero attached hydrogens (tertiary/aromatic N) is 6. The van der Waals surface area contributed by atoms with Crippen LogP contribution in [0.25, 0.3) is 0 Å². The SMILES string of the molecule is C=CC(=O)Nc1cc(Nc2cc(N3OCC[C@@H]3c3cccc(Cl)c3)ncn2)c(OC)cc1N1CCC(N(C)CCN(C)C)CC1. The van der Waals surface area contributed by atoms with Crippen molar-refractivity contribution in [3.8, 4) is 5.75 Å². The van der Waals surface area contributed by atoms with Crippen LogP contribution in [0.2, 0.25) is 5.02 Å². The van der Waals surface area contributed by atoms with Gasteiger partial charge < -0.3 is 30.1 Å². The molecule has 2 N–H and O–H groups in total. The van der Waals surface area contributed by atoms with Crippen LogP contribution in [0.3, 0.4) is 0 Å². The van der Waals surface area contributed by atoms with E-state index in [1.165, 1.54) is 12.4 Å². The molecule has 2 fully saturated rings. The Bertz CT molecular complexity index is 1480. The summed E-state index contributed by atoms with van der Waals surface area (Å²) in [7, 11) is 8.04. The largest absolute Gasteiger partial charge is 0.494 e. The third-order valence-electron chi connectivity index (χ3n) is 8.37. The number of methoxy groups -OCH3 is 1. The number of carbonyl (C=O) groups excluding carboxylic acids is 1. The van der Waals surface area contributed by atoms with E-state index in [-0.39, 0.29) is 11.9 Å². The first kappa shape index (κ1) is 32.5. The Morgan fingerprint density at radius 2 is 1.91 bits per heavy atom. The molecule has 11 nitrogen and oxygen atoms in total. The molecule has 0 bridgehead atoms. The Kier molecular flexibility index (Phi) is 10.8. The molecule has 2 aliphatic rings. The van der Waals surface area contributed by atoms with Gasteiger partial charge in [-0.15, -0.1) is 0 Å². The van der Waals surface area contributed by atoms with Crippen LogP contribution in [-0.4, -0.2) is 92.8 Å². The lowest BCUT2D eigenvalue weighted by Crippen LogP contribution is -2.45. The van der Waals surface area contributed by atoms with Crippen LogP contribution in [0.1, 0.15) is 30.9 Å². The van der Waals surface area contributed by atoms with E-state index in [1.807, 2.05) is 42.5 Å². The Morgan fingerprint density at radius 1 is 1.11 bits per heavy atom. The van der Waals surface area contributed by atoms with Crippen molar-refractivity contribution < 1.29 is 14.4 Å². The fraction of sp³-hybridized carbons (Fsp3) is 0.424. The van der Waals surface area contributed by atoms with Crippen LogP contribution in [0.5, 0.6) is 5.75 Å². The van der Waals surface area contributed by atoms with E-state index in [0.29, 0.717) is 46.4 Å². The van der Waals surface area contributed by atoms with Crippen LogP contribution in [0.4, 0.5) is 28.7 Å². The molecule has 240 valence electrons. The van der Waals surface area contributed by atoms with Gasteiger partial charge in [0.05, 0.1) is 36.8 Å². The van der Waals surface area contributed by atoms with Gasteiger partial charge in [0.25, 0.3) is 0 Å². The Labute approximate surface area is 270 Å². The number of amides is 1. The van der Waals surface area contributed by atoms with Gasteiger partial charge >= 0.3 is 0 Å². The van der Waals surface area contributed by atoms with Crippen LogP contribution >= 0.6 is 11.6 Å². The minimum absolute atomic E-state index is 0.0297. The van der Waals surface area contributed by atoms with Gasteiger partial charge in [-0.05, 0) is 63.8 Å². The molecule has 0 spiro atoms. The molecular weight excluding hydrogens is 592 g/mol. The number of piperidine rings is 1. The molecule has 1 atom stereocenters. The normalized spacial score (nSPS) is 17.2. The number of hydrogen-bond acceptors (Lipinski definition) is 10. The van der Waals surface area contributed by atoms with Crippen LogP contribution in [-0.2, 0) is 9.63 Å². The molecule has 2 aromatic carbocycles. The molecule has 0 unspecified atom stereocenters. The monoisotopic (exact) mass is 634 g/mol. The highest BCUT2D eigenvalue weighted by Crippen LogP contribution is 2.40. The molecule has 2 saturated heterocycles. The van der Waals surface area contributed by atoms with Crippen molar-refractivity contribution in [2.24, 2.45) is 0 Å². The van der Waals surface area contributed by atoms with Crippen molar-refractivity contribution in [1.29, 1.82) is 0 Å². The second kappa shape index (κ2) is 14.9. The number of hydroxylamine groups is 1. The number of nitrogens with one attached hydrogen (secondary N) is 2. The first-order valence-corrected chi connectivity index (χ1v) is 15.7. The molecule has 0 aliphatic carbocycles. The average molecular weight is 635 g/mol. The van der Waals surface area contributed by atoms with Crippen molar-refractivity contribution >= 4 is 46.2 Å². The lowest BCUT2D eigenvalue weighted by atomic mass is 10.0. The summed E-state index contributed by atoms with van der Waals surface area (Å²) in [5.74, 6) is 1.51. The van der Waals surface area contributed by atoms with Crippen molar-refractivity contribution in [3.63, 3.8) is 0 Å². The summed E-state index contributed by atoms with van der Waals surface area (Å²) >= 11 is 6.27. The maximum atomic E-state index is 12.5. The number of likely N-dealkylation sites (N-methyl/N-ethyl adjacent to an activating group) is 2. The fourth-order valence-corrected chi connectivity index (χ4v) is 6.05. The zero-order valence-corrected chi connectivity index (χ0v) is 27.3. The molecule has 2 aliphatic heterocycles. The quantitative estimate of drug-likeness (QED) is 0.254. The van der Waals surface area contributed by atoms with Gasteiger partial charge in [-0.2, -0.15) is 0 Å². The lowest BCUT2D eigenvalue weighted by molar-refractivity contribution is -0.111. The maximum Gasteiger partial charge on any atom is 0.247 e. The first-order chi connectivity index (χ1) is 21.7. The fourth-order valence-electron chi connectivity index (χ4n) is 5.85. The maximum absolute atomic E-state index is 12.5. The van der Waals surface area contributed by atoms with Gasteiger partial charge in [0, 0.05) is 55.8 Å². The van der Waals surface area contributed by atoms with Crippen molar-refractivity contribution in [2.45, 2.75) is 31.3 Å². The lowest BCUT2D eigenvalue weighted by Gasteiger charge is -2.39. The number of anilines is 5. The minimum atomic E-state index is -0.284. The highest BCUT2D eigenvalue weighted by atomic mass is 35.5. The predicted molar refractivity (Wildman–Crippen MR) is 181 cm³/mol. The zero-order chi connectivity index (χ0) is 31.9. The molecule has 1 aromatic heterocycles. The second-order valence-corrected chi connectivity index (χ2v) is 12.1. The third kappa shape index (κ3) is 8.04. The third-order valence-corrected chi connectivity index (χ3v) is 8.60. The van der Waals surface area contributed by atoms with Gasteiger partial charge in [0.15, 0.2) is 5.82 Å². The number of ether oxygens (including phenoxy) is 1. The summed E-state index contributed by atoms with van der Waals surface area (Å²) in [6.45, 7) is 8.00. The summed E-state index contributed by atoms with van der Waals surface area (Å²) in [6.07, 6.45) is 5.63. The Morgan fingerprint density at radius 3 is 2.62 bits per heavy atom. The summed E-state index contributed by atoms with van der Waals surface area (Å²) < 4.78 is 5.84. The van der Waals surface area contributed by atoms with E-state index in [4.69, 9.17) is 21.2 Å². The van der Waals surface area contributed by atoms with Crippen LogP contribution in [0, 0.1) is 0 Å². The molecule has 5 rings (SSSR count). The molecule has 12 heteroatoms. The Balaban J connectivity index is 1.37. The van der Waals surface area contributed by atoms with E-state index in [9.17, 15) is 4.79 Å². The number of carbonyl (C=O) groups is 1. The summed E-state index contributed by atoms with van der Waals surface area (Å²) in [6, 6.07) is 13.9. The average Bonchev–Trinajstić information content (AvgIpc) is 3.54. The number of aromatic nitrogens is 2. The number of rotatable bonds is 12. The summed E-state index contributed by atoms with van der Waals surface area (Å²) in [5.41, 5.74) is 3.27. The molecule has 3 aromatic rings. The van der Waals surface area contributed by atoms with E-state index in [0.717, 1.165) is 56.7 Å².